The van der Waals surface area contributed by atoms with Crippen LogP contribution in [0.3, 0.4) is 0 Å². The standard InChI is InChI=1S/C23H33N5/c1-19-11-15-28(16-12-19)18-21-8-6-20(7-9-21)17-27-23(24-2)26-14-10-22-5-3-4-13-25-22/h3-9,13,19H,10-12,14-18H2,1-2H3,(H2,24,26,27). The molecule has 1 aliphatic heterocycles. The lowest BCUT2D eigenvalue weighted by molar-refractivity contribution is 0.185. The Morgan fingerprint density at radius 2 is 1.82 bits per heavy atom. The van der Waals surface area contributed by atoms with E-state index in [4.69, 9.17) is 0 Å². The van der Waals surface area contributed by atoms with E-state index in [-0.39, 0.29) is 0 Å². The number of pyridine rings is 1. The second-order valence-corrected chi connectivity index (χ2v) is 7.70. The zero-order valence-electron chi connectivity index (χ0n) is 17.2. The second-order valence-electron chi connectivity index (χ2n) is 7.70. The Morgan fingerprint density at radius 3 is 2.50 bits per heavy atom. The van der Waals surface area contributed by atoms with Crippen molar-refractivity contribution in [1.82, 2.24) is 20.5 Å². The number of nitrogens with one attached hydrogen (secondary N) is 2. The third kappa shape index (κ3) is 6.64. The van der Waals surface area contributed by atoms with Crippen molar-refractivity contribution in [2.75, 3.05) is 26.7 Å². The summed E-state index contributed by atoms with van der Waals surface area (Å²) in [6, 6.07) is 15.0. The SMILES string of the molecule is CN=C(NCCc1ccccn1)NCc1ccc(CN2CCC(C)CC2)cc1. The molecule has 150 valence electrons. The summed E-state index contributed by atoms with van der Waals surface area (Å²) < 4.78 is 0. The molecular formula is C23H33N5. The maximum absolute atomic E-state index is 4.34. The van der Waals surface area contributed by atoms with Gasteiger partial charge in [-0.15, -0.1) is 0 Å². The lowest BCUT2D eigenvalue weighted by atomic mass is 9.99. The predicted octanol–water partition coefficient (Wildman–Crippen LogP) is 3.22. The summed E-state index contributed by atoms with van der Waals surface area (Å²) in [5.74, 6) is 1.71. The molecule has 3 rings (SSSR count). The van der Waals surface area contributed by atoms with Crippen LogP contribution in [0.4, 0.5) is 0 Å². The van der Waals surface area contributed by atoms with E-state index in [9.17, 15) is 0 Å². The number of likely N-dealkylation sites (tertiary alicyclic amines) is 1. The Kier molecular flexibility index (Phi) is 7.85. The van der Waals surface area contributed by atoms with Gasteiger partial charge in [-0.05, 0) is 55.1 Å². The molecule has 0 radical (unpaired) electrons. The number of nitrogens with zero attached hydrogens (tertiary/aromatic N) is 3. The van der Waals surface area contributed by atoms with Crippen LogP contribution in [0.15, 0.2) is 53.7 Å². The Labute approximate surface area is 169 Å². The fourth-order valence-corrected chi connectivity index (χ4v) is 3.50. The largest absolute Gasteiger partial charge is 0.356 e. The van der Waals surface area contributed by atoms with E-state index in [1.807, 2.05) is 24.4 Å². The summed E-state index contributed by atoms with van der Waals surface area (Å²) in [6.45, 7) is 7.46. The van der Waals surface area contributed by atoms with Crippen molar-refractivity contribution in [3.05, 3.63) is 65.5 Å². The molecule has 1 saturated heterocycles. The molecule has 5 nitrogen and oxygen atoms in total. The van der Waals surface area contributed by atoms with E-state index in [1.165, 1.54) is 37.1 Å². The van der Waals surface area contributed by atoms with Crippen LogP contribution < -0.4 is 10.6 Å². The third-order valence-corrected chi connectivity index (χ3v) is 5.39. The van der Waals surface area contributed by atoms with Gasteiger partial charge in [-0.25, -0.2) is 0 Å². The van der Waals surface area contributed by atoms with Crippen LogP contribution in [0, 0.1) is 5.92 Å². The van der Waals surface area contributed by atoms with Crippen molar-refractivity contribution in [3.63, 3.8) is 0 Å². The first-order valence-corrected chi connectivity index (χ1v) is 10.4. The molecule has 1 fully saturated rings. The zero-order valence-corrected chi connectivity index (χ0v) is 17.2. The van der Waals surface area contributed by atoms with Gasteiger partial charge in [0.25, 0.3) is 0 Å². The molecule has 0 bridgehead atoms. The topological polar surface area (TPSA) is 52.6 Å². The minimum atomic E-state index is 0.769. The highest BCUT2D eigenvalue weighted by Crippen LogP contribution is 2.18. The molecule has 0 amide bonds. The van der Waals surface area contributed by atoms with Crippen LogP contribution in [0.2, 0.25) is 0 Å². The van der Waals surface area contributed by atoms with E-state index >= 15 is 0 Å². The molecule has 28 heavy (non-hydrogen) atoms. The normalized spacial score (nSPS) is 16.1. The maximum atomic E-state index is 4.34. The van der Waals surface area contributed by atoms with Crippen LogP contribution in [-0.4, -0.2) is 42.5 Å². The molecule has 2 heterocycles. The van der Waals surface area contributed by atoms with Crippen LogP contribution in [0.5, 0.6) is 0 Å². The fourth-order valence-electron chi connectivity index (χ4n) is 3.50. The van der Waals surface area contributed by atoms with Gasteiger partial charge in [0.2, 0.25) is 0 Å². The Hall–Kier alpha value is -2.40. The molecule has 5 heteroatoms. The van der Waals surface area contributed by atoms with Crippen LogP contribution in [0.1, 0.15) is 36.6 Å². The van der Waals surface area contributed by atoms with Crippen molar-refractivity contribution in [3.8, 4) is 0 Å². The van der Waals surface area contributed by atoms with Gasteiger partial charge in [0.05, 0.1) is 0 Å². The first kappa shape index (κ1) is 20.3. The molecule has 2 N–H and O–H groups in total. The van der Waals surface area contributed by atoms with Gasteiger partial charge in [0.1, 0.15) is 0 Å². The second kappa shape index (κ2) is 10.8. The molecular weight excluding hydrogens is 346 g/mol. The van der Waals surface area contributed by atoms with Gasteiger partial charge < -0.3 is 10.6 Å². The third-order valence-electron chi connectivity index (χ3n) is 5.39. The van der Waals surface area contributed by atoms with Gasteiger partial charge in [-0.2, -0.15) is 0 Å². The number of piperidine rings is 1. The summed E-state index contributed by atoms with van der Waals surface area (Å²) in [5, 5.41) is 6.74. The number of rotatable bonds is 7. The van der Waals surface area contributed by atoms with Crippen molar-refractivity contribution in [1.29, 1.82) is 0 Å². The average molecular weight is 380 g/mol. The minimum absolute atomic E-state index is 0.769. The molecule has 0 saturated carbocycles. The molecule has 1 aromatic carbocycles. The number of benzene rings is 1. The zero-order chi connectivity index (χ0) is 19.6. The average Bonchev–Trinajstić information content (AvgIpc) is 2.74. The first-order valence-electron chi connectivity index (χ1n) is 10.4. The highest BCUT2D eigenvalue weighted by molar-refractivity contribution is 5.79. The quantitative estimate of drug-likeness (QED) is 0.573. The molecule has 2 aromatic rings. The molecule has 0 aliphatic carbocycles. The summed E-state index contributed by atoms with van der Waals surface area (Å²) in [6.07, 6.45) is 5.37. The molecule has 0 unspecified atom stereocenters. The summed E-state index contributed by atoms with van der Waals surface area (Å²) in [7, 11) is 1.80. The molecule has 1 aromatic heterocycles. The van der Waals surface area contributed by atoms with Crippen molar-refractivity contribution < 1.29 is 0 Å². The van der Waals surface area contributed by atoms with E-state index in [0.717, 1.165) is 43.6 Å². The Bertz CT molecular complexity index is 718. The van der Waals surface area contributed by atoms with Crippen molar-refractivity contribution in [2.24, 2.45) is 10.9 Å². The minimum Gasteiger partial charge on any atom is -0.356 e. The van der Waals surface area contributed by atoms with Crippen LogP contribution in [0.25, 0.3) is 0 Å². The lowest BCUT2D eigenvalue weighted by Gasteiger charge is -2.30. The predicted molar refractivity (Wildman–Crippen MR) is 116 cm³/mol. The van der Waals surface area contributed by atoms with E-state index in [0.29, 0.717) is 0 Å². The number of guanidine groups is 1. The number of aromatic nitrogens is 1. The first-order chi connectivity index (χ1) is 13.7. The molecule has 0 spiro atoms. The Balaban J connectivity index is 1.39. The van der Waals surface area contributed by atoms with Gasteiger partial charge >= 0.3 is 0 Å². The van der Waals surface area contributed by atoms with Crippen molar-refractivity contribution in [2.45, 2.75) is 39.3 Å². The van der Waals surface area contributed by atoms with Gasteiger partial charge in [0, 0.05) is 45.0 Å². The highest BCUT2D eigenvalue weighted by atomic mass is 15.2. The van der Waals surface area contributed by atoms with Crippen molar-refractivity contribution >= 4 is 5.96 Å². The Morgan fingerprint density at radius 1 is 1.07 bits per heavy atom. The van der Waals surface area contributed by atoms with Gasteiger partial charge in [-0.3, -0.25) is 14.9 Å². The van der Waals surface area contributed by atoms with E-state index in [1.54, 1.807) is 7.05 Å². The summed E-state index contributed by atoms with van der Waals surface area (Å²) in [4.78, 5) is 11.2. The number of aliphatic imine (C=N–C) groups is 1. The maximum Gasteiger partial charge on any atom is 0.191 e. The highest BCUT2D eigenvalue weighted by Gasteiger charge is 2.15. The fraction of sp³-hybridized carbons (Fsp3) is 0.478. The van der Waals surface area contributed by atoms with Crippen LogP contribution in [-0.2, 0) is 19.5 Å². The lowest BCUT2D eigenvalue weighted by Crippen LogP contribution is -2.37. The number of hydrogen-bond donors (Lipinski definition) is 2. The van der Waals surface area contributed by atoms with Gasteiger partial charge in [-0.1, -0.05) is 37.3 Å². The van der Waals surface area contributed by atoms with Gasteiger partial charge in [0.15, 0.2) is 5.96 Å². The van der Waals surface area contributed by atoms with E-state index < -0.39 is 0 Å². The molecule has 1 aliphatic rings. The number of hydrogen-bond acceptors (Lipinski definition) is 3. The smallest absolute Gasteiger partial charge is 0.191 e. The monoisotopic (exact) mass is 379 g/mol. The van der Waals surface area contributed by atoms with E-state index in [2.05, 4.69) is 56.7 Å². The summed E-state index contributed by atoms with van der Waals surface area (Å²) in [5.41, 5.74) is 3.75. The summed E-state index contributed by atoms with van der Waals surface area (Å²) >= 11 is 0. The molecule has 0 atom stereocenters. The van der Waals surface area contributed by atoms with Crippen LogP contribution >= 0.6 is 0 Å².